The molecule has 1 atom stereocenters. The first kappa shape index (κ1) is 26.4. The fourth-order valence-electron chi connectivity index (χ4n) is 3.47. The van der Waals surface area contributed by atoms with Crippen molar-refractivity contribution in [2.45, 2.75) is 44.2 Å². The van der Waals surface area contributed by atoms with Gasteiger partial charge in [0.15, 0.2) is 5.96 Å². The maximum absolute atomic E-state index is 12.6. The van der Waals surface area contributed by atoms with E-state index >= 15 is 0 Å². The lowest BCUT2D eigenvalue weighted by molar-refractivity contribution is 0.223. The standard InChI is InChI=1S/C23H32N4O3S.HI/c1-18-7-6-8-21(15-18)30-19(2)16-25-23(24-3)26-17-20-9-11-22(12-10-20)31(28,29)27-13-4-5-14-27;/h6-12,15,19H,4-5,13-14,16-17H2,1-3H3,(H2,24,25,26);1H. The summed E-state index contributed by atoms with van der Waals surface area (Å²) in [5.74, 6) is 1.51. The van der Waals surface area contributed by atoms with E-state index in [4.69, 9.17) is 4.74 Å². The zero-order valence-corrected chi connectivity index (χ0v) is 22.0. The molecule has 32 heavy (non-hydrogen) atoms. The van der Waals surface area contributed by atoms with E-state index in [1.807, 2.05) is 50.2 Å². The molecular formula is C23H33IN4O3S. The van der Waals surface area contributed by atoms with E-state index in [1.54, 1.807) is 23.5 Å². The normalized spacial score (nSPS) is 15.7. The summed E-state index contributed by atoms with van der Waals surface area (Å²) in [5, 5.41) is 6.51. The topological polar surface area (TPSA) is 83.0 Å². The number of sulfonamides is 1. The number of aryl methyl sites for hydroxylation is 1. The molecule has 0 aliphatic carbocycles. The molecule has 1 unspecified atom stereocenters. The average molecular weight is 573 g/mol. The Morgan fingerprint density at radius 1 is 1.12 bits per heavy atom. The first-order chi connectivity index (χ1) is 14.9. The predicted molar refractivity (Wildman–Crippen MR) is 139 cm³/mol. The zero-order chi connectivity index (χ0) is 22.3. The van der Waals surface area contributed by atoms with Crippen molar-refractivity contribution in [2.75, 3.05) is 26.7 Å². The van der Waals surface area contributed by atoms with Gasteiger partial charge in [0.05, 0.1) is 11.4 Å². The smallest absolute Gasteiger partial charge is 0.243 e. The molecular weight excluding hydrogens is 539 g/mol. The van der Waals surface area contributed by atoms with Crippen LogP contribution in [-0.4, -0.2) is 51.5 Å². The van der Waals surface area contributed by atoms with Gasteiger partial charge >= 0.3 is 0 Å². The molecule has 9 heteroatoms. The molecule has 1 fully saturated rings. The number of rotatable bonds is 8. The Kier molecular flexibility index (Phi) is 10.2. The van der Waals surface area contributed by atoms with Crippen molar-refractivity contribution in [2.24, 2.45) is 4.99 Å². The van der Waals surface area contributed by atoms with E-state index < -0.39 is 10.0 Å². The maximum Gasteiger partial charge on any atom is 0.243 e. The van der Waals surface area contributed by atoms with Crippen LogP contribution in [-0.2, 0) is 16.6 Å². The summed E-state index contributed by atoms with van der Waals surface area (Å²) in [4.78, 5) is 4.59. The summed E-state index contributed by atoms with van der Waals surface area (Å²) in [6.07, 6.45) is 1.83. The largest absolute Gasteiger partial charge is 0.489 e. The minimum atomic E-state index is -3.38. The predicted octanol–water partition coefficient (Wildman–Crippen LogP) is 3.53. The number of nitrogens with one attached hydrogen (secondary N) is 2. The van der Waals surface area contributed by atoms with Crippen LogP contribution in [0.4, 0.5) is 0 Å². The highest BCUT2D eigenvalue weighted by molar-refractivity contribution is 14.0. The van der Waals surface area contributed by atoms with E-state index in [-0.39, 0.29) is 30.1 Å². The Labute approximate surface area is 208 Å². The van der Waals surface area contributed by atoms with Crippen LogP contribution in [0.2, 0.25) is 0 Å². The van der Waals surface area contributed by atoms with Crippen molar-refractivity contribution in [3.8, 4) is 5.75 Å². The van der Waals surface area contributed by atoms with Gasteiger partial charge in [-0.15, -0.1) is 24.0 Å². The zero-order valence-electron chi connectivity index (χ0n) is 18.9. The van der Waals surface area contributed by atoms with Crippen LogP contribution in [0.1, 0.15) is 30.9 Å². The van der Waals surface area contributed by atoms with Gasteiger partial charge in [0.25, 0.3) is 0 Å². The molecule has 0 spiro atoms. The molecule has 3 rings (SSSR count). The van der Waals surface area contributed by atoms with E-state index in [2.05, 4.69) is 15.6 Å². The molecule has 1 aliphatic rings. The molecule has 2 N–H and O–H groups in total. The monoisotopic (exact) mass is 572 g/mol. The van der Waals surface area contributed by atoms with Gasteiger partial charge in [-0.1, -0.05) is 24.3 Å². The minimum absolute atomic E-state index is 0. The summed E-state index contributed by atoms with van der Waals surface area (Å²) in [6, 6.07) is 15.0. The molecule has 176 valence electrons. The van der Waals surface area contributed by atoms with Crippen LogP contribution in [0.15, 0.2) is 58.4 Å². The van der Waals surface area contributed by atoms with Crippen molar-refractivity contribution >= 4 is 40.0 Å². The van der Waals surface area contributed by atoms with Crippen LogP contribution in [0.5, 0.6) is 5.75 Å². The molecule has 1 heterocycles. The summed E-state index contributed by atoms with van der Waals surface area (Å²) in [5.41, 5.74) is 2.14. The van der Waals surface area contributed by atoms with Crippen molar-refractivity contribution in [1.29, 1.82) is 0 Å². The lowest BCUT2D eigenvalue weighted by Gasteiger charge is -2.18. The highest BCUT2D eigenvalue weighted by Gasteiger charge is 2.26. The number of guanidine groups is 1. The number of nitrogens with zero attached hydrogens (tertiary/aromatic N) is 2. The second-order valence-electron chi connectivity index (χ2n) is 7.81. The van der Waals surface area contributed by atoms with E-state index in [1.165, 1.54) is 0 Å². The molecule has 2 aromatic rings. The number of ether oxygens (including phenoxy) is 1. The van der Waals surface area contributed by atoms with Gasteiger partial charge in [-0.3, -0.25) is 4.99 Å². The fraction of sp³-hybridized carbons (Fsp3) is 0.435. The first-order valence-corrected chi connectivity index (χ1v) is 12.1. The number of hydrogen-bond donors (Lipinski definition) is 2. The van der Waals surface area contributed by atoms with Gasteiger partial charge in [0.1, 0.15) is 11.9 Å². The molecule has 2 aromatic carbocycles. The van der Waals surface area contributed by atoms with Gasteiger partial charge in [0.2, 0.25) is 10.0 Å². The van der Waals surface area contributed by atoms with Crippen LogP contribution < -0.4 is 15.4 Å². The van der Waals surface area contributed by atoms with Crippen molar-refractivity contribution in [3.05, 3.63) is 59.7 Å². The molecule has 0 radical (unpaired) electrons. The summed E-state index contributed by atoms with van der Waals surface area (Å²) in [7, 11) is -1.66. The van der Waals surface area contributed by atoms with Gasteiger partial charge in [0, 0.05) is 26.7 Å². The average Bonchev–Trinajstić information content (AvgIpc) is 3.30. The van der Waals surface area contributed by atoms with Crippen molar-refractivity contribution in [1.82, 2.24) is 14.9 Å². The Morgan fingerprint density at radius 3 is 2.44 bits per heavy atom. The number of halogens is 1. The van der Waals surface area contributed by atoms with Gasteiger partial charge < -0.3 is 15.4 Å². The third-order valence-corrected chi connectivity index (χ3v) is 7.11. The maximum atomic E-state index is 12.6. The molecule has 1 aliphatic heterocycles. The second-order valence-corrected chi connectivity index (χ2v) is 9.74. The fourth-order valence-corrected chi connectivity index (χ4v) is 4.98. The van der Waals surface area contributed by atoms with Crippen molar-refractivity contribution in [3.63, 3.8) is 0 Å². The molecule has 0 bridgehead atoms. The van der Waals surface area contributed by atoms with Crippen LogP contribution in [0, 0.1) is 6.92 Å². The van der Waals surface area contributed by atoms with Crippen LogP contribution >= 0.6 is 24.0 Å². The summed E-state index contributed by atoms with van der Waals surface area (Å²) in [6.45, 7) is 6.40. The Bertz CT molecular complexity index is 991. The number of benzene rings is 2. The molecule has 0 aromatic heterocycles. The lowest BCUT2D eigenvalue weighted by atomic mass is 10.2. The molecule has 0 amide bonds. The number of aliphatic imine (C=N–C) groups is 1. The van der Waals surface area contributed by atoms with E-state index in [9.17, 15) is 8.42 Å². The highest BCUT2D eigenvalue weighted by Crippen LogP contribution is 2.21. The minimum Gasteiger partial charge on any atom is -0.489 e. The van der Waals surface area contributed by atoms with Crippen LogP contribution in [0.3, 0.4) is 0 Å². The third-order valence-electron chi connectivity index (χ3n) is 5.19. The SMILES string of the molecule is CN=C(NCc1ccc(S(=O)(=O)N2CCCC2)cc1)NCC(C)Oc1cccc(C)c1.I. The van der Waals surface area contributed by atoms with Gasteiger partial charge in [-0.25, -0.2) is 8.42 Å². The Hall–Kier alpha value is -1.85. The molecule has 1 saturated heterocycles. The summed E-state index contributed by atoms with van der Waals surface area (Å²) >= 11 is 0. The van der Waals surface area contributed by atoms with E-state index in [0.29, 0.717) is 37.0 Å². The van der Waals surface area contributed by atoms with Crippen molar-refractivity contribution < 1.29 is 13.2 Å². The van der Waals surface area contributed by atoms with Crippen LogP contribution in [0.25, 0.3) is 0 Å². The first-order valence-electron chi connectivity index (χ1n) is 10.7. The van der Waals surface area contributed by atoms with Gasteiger partial charge in [-0.05, 0) is 62.1 Å². The third kappa shape index (κ3) is 7.35. The van der Waals surface area contributed by atoms with Gasteiger partial charge in [-0.2, -0.15) is 4.31 Å². The Morgan fingerprint density at radius 2 is 1.81 bits per heavy atom. The summed E-state index contributed by atoms with van der Waals surface area (Å²) < 4.78 is 32.7. The Balaban J connectivity index is 0.00000363. The highest BCUT2D eigenvalue weighted by atomic mass is 127. The quantitative estimate of drug-likeness (QED) is 0.288. The molecule has 0 saturated carbocycles. The van der Waals surface area contributed by atoms with E-state index in [0.717, 1.165) is 29.7 Å². The molecule has 7 nitrogen and oxygen atoms in total. The second kappa shape index (κ2) is 12.4. The lowest BCUT2D eigenvalue weighted by Crippen LogP contribution is -2.41. The number of hydrogen-bond acceptors (Lipinski definition) is 4.